The van der Waals surface area contributed by atoms with Crippen LogP contribution in [-0.2, 0) is 4.74 Å². The molecule has 0 aromatic rings. The van der Waals surface area contributed by atoms with Gasteiger partial charge in [0.25, 0.3) is 0 Å². The average molecular weight is 420 g/mol. The first-order chi connectivity index (χ1) is 14.2. The maximum absolute atomic E-state index is 5.94. The fourth-order valence-electron chi connectivity index (χ4n) is 4.17. The van der Waals surface area contributed by atoms with E-state index in [0.29, 0.717) is 5.92 Å². The number of fused-ring (bicyclic) bond motifs is 7. The van der Waals surface area contributed by atoms with Crippen LogP contribution < -0.4 is 10.4 Å². The van der Waals surface area contributed by atoms with Crippen molar-refractivity contribution in [1.29, 1.82) is 0 Å². The zero-order valence-corrected chi connectivity index (χ0v) is 18.5. The second-order valence-electron chi connectivity index (χ2n) is 7.93. The van der Waals surface area contributed by atoms with Gasteiger partial charge in [-0.15, -0.1) is 11.8 Å². The molecule has 2 nitrogen and oxygen atoms in total. The minimum Gasteiger partial charge on any atom is -0.375 e. The molecule has 0 radical (unpaired) electrons. The summed E-state index contributed by atoms with van der Waals surface area (Å²) in [6.45, 7) is 2.45. The molecule has 0 amide bonds. The Bertz CT molecular complexity index is 1130. The normalized spacial score (nSPS) is 19.6. The largest absolute Gasteiger partial charge is 0.375 e. The molecule has 5 aliphatic rings. The molecule has 0 N–H and O–H groups in total. The van der Waals surface area contributed by atoms with E-state index in [0.717, 1.165) is 25.5 Å². The monoisotopic (exact) mass is 419 g/mol. The van der Waals surface area contributed by atoms with Crippen LogP contribution in [-0.4, -0.2) is 44.5 Å². The molecule has 148 valence electrons. The summed E-state index contributed by atoms with van der Waals surface area (Å²) in [4.78, 5) is 4.89. The highest BCUT2D eigenvalue weighted by atomic mass is 32.2. The topological polar surface area (TPSA) is 12.5 Å². The molecule has 0 fully saturated rings. The molecule has 1 unspecified atom stereocenters. The lowest BCUT2D eigenvalue weighted by Crippen LogP contribution is -2.22. The van der Waals surface area contributed by atoms with Gasteiger partial charge in [0, 0.05) is 28.0 Å². The molecule has 0 bridgehead atoms. The summed E-state index contributed by atoms with van der Waals surface area (Å²) in [5.41, 5.74) is 5.65. The predicted octanol–water partition coefficient (Wildman–Crippen LogP) is 4.20. The number of ether oxygens (including phenoxy) is 1. The zero-order valence-electron chi connectivity index (χ0n) is 16.9. The Labute approximate surface area is 181 Å². The SMILES string of the molecule is CN(C)CCOCC1=CC2C(=CC=c3c4cccc-4c4c(cc32)=CC=CS4)CS1. The molecule has 4 heteroatoms. The van der Waals surface area contributed by atoms with Crippen LogP contribution >= 0.6 is 23.5 Å². The summed E-state index contributed by atoms with van der Waals surface area (Å²) in [6.07, 6.45) is 11.5. The van der Waals surface area contributed by atoms with Gasteiger partial charge in [-0.3, -0.25) is 0 Å². The zero-order chi connectivity index (χ0) is 19.8. The second-order valence-corrected chi connectivity index (χ2v) is 9.95. The van der Waals surface area contributed by atoms with Crippen LogP contribution in [0.15, 0.2) is 63.3 Å². The van der Waals surface area contributed by atoms with Crippen LogP contribution in [0, 0.1) is 0 Å². The molecule has 0 saturated carbocycles. The fourth-order valence-corrected chi connectivity index (χ4v) is 6.06. The van der Waals surface area contributed by atoms with E-state index < -0.39 is 0 Å². The average Bonchev–Trinajstić information content (AvgIpc) is 3.16. The van der Waals surface area contributed by atoms with E-state index in [9.17, 15) is 0 Å². The molecule has 0 spiro atoms. The van der Waals surface area contributed by atoms with Gasteiger partial charge in [0.1, 0.15) is 0 Å². The third-order valence-corrected chi connectivity index (χ3v) is 7.76. The van der Waals surface area contributed by atoms with Crippen molar-refractivity contribution in [2.24, 2.45) is 0 Å². The highest BCUT2D eigenvalue weighted by Gasteiger charge is 2.26. The van der Waals surface area contributed by atoms with Crippen molar-refractivity contribution in [1.82, 2.24) is 4.90 Å². The number of likely N-dealkylation sites (N-methyl/N-ethyl adjacent to an activating group) is 1. The fraction of sp³-hybridized carbons (Fsp3) is 0.280. The molecule has 0 aromatic carbocycles. The molecular weight excluding hydrogens is 394 g/mol. The highest BCUT2D eigenvalue weighted by molar-refractivity contribution is 8.03. The van der Waals surface area contributed by atoms with Gasteiger partial charge in [0.05, 0.1) is 13.2 Å². The van der Waals surface area contributed by atoms with Gasteiger partial charge in [-0.1, -0.05) is 60.3 Å². The minimum absolute atomic E-state index is 0.350. The lowest BCUT2D eigenvalue weighted by molar-refractivity contribution is 0.140. The Hall–Kier alpha value is -1.72. The Balaban J connectivity index is 1.56. The van der Waals surface area contributed by atoms with E-state index in [1.165, 1.54) is 42.5 Å². The van der Waals surface area contributed by atoms with Crippen molar-refractivity contribution in [3.63, 3.8) is 0 Å². The van der Waals surface area contributed by atoms with Crippen molar-refractivity contribution in [2.45, 2.75) is 10.8 Å². The van der Waals surface area contributed by atoms with Crippen LogP contribution in [0.1, 0.15) is 11.5 Å². The summed E-state index contributed by atoms with van der Waals surface area (Å²) >= 11 is 3.76. The third kappa shape index (κ3) is 3.75. The van der Waals surface area contributed by atoms with E-state index in [4.69, 9.17) is 4.74 Å². The number of hydrogen-bond acceptors (Lipinski definition) is 4. The summed E-state index contributed by atoms with van der Waals surface area (Å²) in [7, 11) is 4.17. The summed E-state index contributed by atoms with van der Waals surface area (Å²) in [6, 6.07) is 9.15. The maximum atomic E-state index is 5.94. The Morgan fingerprint density at radius 2 is 2.03 bits per heavy atom. The lowest BCUT2D eigenvalue weighted by Gasteiger charge is -2.27. The number of hydrogen-bond donors (Lipinski definition) is 0. The summed E-state index contributed by atoms with van der Waals surface area (Å²) < 4.78 is 5.94. The molecule has 29 heavy (non-hydrogen) atoms. The van der Waals surface area contributed by atoms with Crippen molar-refractivity contribution in [3.05, 3.63) is 74.4 Å². The van der Waals surface area contributed by atoms with Gasteiger partial charge in [-0.2, -0.15) is 0 Å². The van der Waals surface area contributed by atoms with Gasteiger partial charge in [0.2, 0.25) is 0 Å². The first-order valence-electron chi connectivity index (χ1n) is 10.1. The Morgan fingerprint density at radius 1 is 1.14 bits per heavy atom. The molecule has 0 aromatic heterocycles. The number of nitrogens with zero attached hydrogens (tertiary/aromatic N) is 1. The summed E-state index contributed by atoms with van der Waals surface area (Å²) in [5.74, 6) is 1.40. The van der Waals surface area contributed by atoms with E-state index in [1.807, 2.05) is 23.5 Å². The summed E-state index contributed by atoms with van der Waals surface area (Å²) in [5, 5.41) is 4.89. The van der Waals surface area contributed by atoms with Crippen LogP contribution in [0.2, 0.25) is 0 Å². The Kier molecular flexibility index (Phi) is 5.44. The van der Waals surface area contributed by atoms with E-state index in [2.05, 4.69) is 79.0 Å². The molecule has 3 aliphatic carbocycles. The van der Waals surface area contributed by atoms with Crippen LogP contribution in [0.25, 0.3) is 23.3 Å². The van der Waals surface area contributed by atoms with Crippen LogP contribution in [0.3, 0.4) is 0 Å². The van der Waals surface area contributed by atoms with Gasteiger partial charge < -0.3 is 9.64 Å². The standard InChI is InChI=1S/C25H25NOS2/c1-26(2)10-11-27-15-19-14-23-18(16-29-19)8-9-21-20-6-3-7-22(20)25-17(13-24(21)23)5-4-12-28-25/h3-9,12-14,23H,10-11,15-16H2,1-2H3. The molecule has 2 aliphatic heterocycles. The van der Waals surface area contributed by atoms with Gasteiger partial charge in [-0.25, -0.2) is 0 Å². The Morgan fingerprint density at radius 3 is 2.93 bits per heavy atom. The predicted molar refractivity (Wildman–Crippen MR) is 127 cm³/mol. The van der Waals surface area contributed by atoms with Gasteiger partial charge >= 0.3 is 0 Å². The van der Waals surface area contributed by atoms with Crippen molar-refractivity contribution < 1.29 is 4.74 Å². The van der Waals surface area contributed by atoms with Crippen molar-refractivity contribution in [2.75, 3.05) is 39.6 Å². The van der Waals surface area contributed by atoms with Crippen LogP contribution in [0.5, 0.6) is 0 Å². The minimum atomic E-state index is 0.350. The maximum Gasteiger partial charge on any atom is 0.0773 e. The van der Waals surface area contributed by atoms with Gasteiger partial charge in [0.15, 0.2) is 0 Å². The number of allylic oxidation sites excluding steroid dienone is 3. The number of thioether (sulfide) groups is 2. The number of rotatable bonds is 5. The molecule has 5 rings (SSSR count). The van der Waals surface area contributed by atoms with Crippen molar-refractivity contribution in [3.8, 4) is 11.1 Å². The molecule has 0 saturated heterocycles. The highest BCUT2D eigenvalue weighted by Crippen LogP contribution is 2.40. The first-order valence-corrected chi connectivity index (χ1v) is 11.9. The van der Waals surface area contributed by atoms with Gasteiger partial charge in [-0.05, 0) is 58.3 Å². The molecular formula is C25H25NOS2. The quantitative estimate of drug-likeness (QED) is 0.673. The lowest BCUT2D eigenvalue weighted by atomic mass is 9.86. The molecule has 1 atom stereocenters. The molecule has 2 heterocycles. The van der Waals surface area contributed by atoms with E-state index >= 15 is 0 Å². The van der Waals surface area contributed by atoms with Crippen molar-refractivity contribution >= 4 is 35.7 Å². The second kappa shape index (κ2) is 8.19. The van der Waals surface area contributed by atoms with E-state index in [-0.39, 0.29) is 0 Å². The smallest absolute Gasteiger partial charge is 0.0773 e. The third-order valence-electron chi connectivity index (χ3n) is 5.68. The van der Waals surface area contributed by atoms with E-state index in [1.54, 1.807) is 0 Å². The van der Waals surface area contributed by atoms with Crippen LogP contribution in [0.4, 0.5) is 0 Å². The first kappa shape index (κ1) is 19.3.